The molecule has 1 N–H and O–H groups in total. The lowest BCUT2D eigenvalue weighted by atomic mass is 9.88. The molecule has 1 aliphatic rings. The lowest BCUT2D eigenvalue weighted by Crippen LogP contribution is -2.40. The van der Waals surface area contributed by atoms with Crippen molar-refractivity contribution in [2.75, 3.05) is 19.7 Å². The molecule has 4 nitrogen and oxygen atoms in total. The Morgan fingerprint density at radius 2 is 2.00 bits per heavy atom. The number of hydrogen-bond donors (Lipinski definition) is 1. The molecule has 1 saturated heterocycles. The van der Waals surface area contributed by atoms with E-state index in [1.165, 1.54) is 22.9 Å². The molecule has 124 valence electrons. The maximum absolute atomic E-state index is 13.8. The van der Waals surface area contributed by atoms with Crippen LogP contribution in [0, 0.1) is 23.5 Å². The van der Waals surface area contributed by atoms with E-state index < -0.39 is 11.6 Å². The highest BCUT2D eigenvalue weighted by Crippen LogP contribution is 2.24. The highest BCUT2D eigenvalue weighted by Gasteiger charge is 2.26. The number of aromatic nitrogens is 2. The molecule has 0 radical (unpaired) electrons. The van der Waals surface area contributed by atoms with E-state index in [1.54, 1.807) is 12.3 Å². The van der Waals surface area contributed by atoms with Gasteiger partial charge in [-0.3, -0.25) is 4.90 Å². The van der Waals surface area contributed by atoms with Crippen molar-refractivity contribution in [1.29, 1.82) is 0 Å². The highest BCUT2D eigenvalue weighted by atomic mass is 19.1. The molecule has 1 aromatic heterocycles. The number of aliphatic hydroxyl groups excluding tert-OH is 1. The molecule has 2 aromatic rings. The first-order valence-corrected chi connectivity index (χ1v) is 7.90. The number of piperidine rings is 1. The minimum Gasteiger partial charge on any atom is -0.396 e. The average Bonchev–Trinajstić information content (AvgIpc) is 2.97. The topological polar surface area (TPSA) is 41.3 Å². The van der Waals surface area contributed by atoms with Crippen LogP contribution in [0.2, 0.25) is 0 Å². The number of hydrogen-bond acceptors (Lipinski definition) is 3. The van der Waals surface area contributed by atoms with Crippen molar-refractivity contribution in [3.05, 3.63) is 47.8 Å². The number of likely N-dealkylation sites (tertiary alicyclic amines) is 1. The first kappa shape index (κ1) is 16.1. The van der Waals surface area contributed by atoms with Gasteiger partial charge >= 0.3 is 0 Å². The molecule has 23 heavy (non-hydrogen) atoms. The Bertz CT molecular complexity index is 653. The molecule has 3 rings (SSSR count). The summed E-state index contributed by atoms with van der Waals surface area (Å²) in [5.74, 6) is -0.477. The van der Waals surface area contributed by atoms with Gasteiger partial charge < -0.3 is 5.11 Å². The van der Waals surface area contributed by atoms with Gasteiger partial charge in [0, 0.05) is 25.9 Å². The van der Waals surface area contributed by atoms with Gasteiger partial charge in [-0.1, -0.05) is 13.0 Å². The van der Waals surface area contributed by atoms with E-state index in [0.717, 1.165) is 25.2 Å². The quantitative estimate of drug-likeness (QED) is 0.941. The van der Waals surface area contributed by atoms with E-state index in [-0.39, 0.29) is 18.2 Å². The van der Waals surface area contributed by atoms with E-state index in [4.69, 9.17) is 0 Å². The van der Waals surface area contributed by atoms with Gasteiger partial charge in [-0.2, -0.15) is 5.10 Å². The minimum absolute atomic E-state index is 0.153. The van der Waals surface area contributed by atoms with Gasteiger partial charge in [-0.05, 0) is 43.0 Å². The molecule has 0 amide bonds. The van der Waals surface area contributed by atoms with Gasteiger partial charge in [0.15, 0.2) is 11.6 Å². The second-order valence-corrected chi connectivity index (χ2v) is 6.27. The summed E-state index contributed by atoms with van der Waals surface area (Å²) in [6.45, 7) is 4.73. The first-order valence-electron chi connectivity index (χ1n) is 7.90. The van der Waals surface area contributed by atoms with Crippen molar-refractivity contribution >= 4 is 0 Å². The van der Waals surface area contributed by atoms with Crippen LogP contribution in [0.15, 0.2) is 30.5 Å². The summed E-state index contributed by atoms with van der Waals surface area (Å²) in [7, 11) is 0. The smallest absolute Gasteiger partial charge is 0.151 e. The number of halogens is 2. The van der Waals surface area contributed by atoms with Gasteiger partial charge in [0.1, 0.15) is 5.69 Å². The summed E-state index contributed by atoms with van der Waals surface area (Å²) in [5, 5.41) is 13.7. The molecule has 2 heterocycles. The Hall–Kier alpha value is -1.79. The van der Waals surface area contributed by atoms with Crippen LogP contribution in [-0.4, -0.2) is 39.5 Å². The monoisotopic (exact) mass is 321 g/mol. The Labute approximate surface area is 134 Å². The second-order valence-electron chi connectivity index (χ2n) is 6.27. The van der Waals surface area contributed by atoms with Crippen LogP contribution in [0.4, 0.5) is 8.78 Å². The number of rotatable bonds is 4. The summed E-state index contributed by atoms with van der Waals surface area (Å²) in [6, 6.07) is 5.55. The molecule has 0 saturated carbocycles. The lowest BCUT2D eigenvalue weighted by Gasteiger charge is -2.35. The van der Waals surface area contributed by atoms with Crippen molar-refractivity contribution in [2.45, 2.75) is 19.9 Å². The van der Waals surface area contributed by atoms with E-state index in [2.05, 4.69) is 16.9 Å². The third-order valence-electron chi connectivity index (χ3n) is 4.63. The van der Waals surface area contributed by atoms with Gasteiger partial charge in [0.2, 0.25) is 0 Å². The molecule has 0 bridgehead atoms. The fraction of sp³-hybridized carbons (Fsp3) is 0.471. The fourth-order valence-electron chi connectivity index (χ4n) is 3.11. The van der Waals surface area contributed by atoms with Gasteiger partial charge in [0.05, 0.1) is 5.69 Å². The zero-order valence-electron chi connectivity index (χ0n) is 13.1. The fourth-order valence-corrected chi connectivity index (χ4v) is 3.11. The Morgan fingerprint density at radius 3 is 2.70 bits per heavy atom. The first-order chi connectivity index (χ1) is 11.1. The number of para-hydroxylation sites is 1. The van der Waals surface area contributed by atoms with E-state index in [9.17, 15) is 13.9 Å². The average molecular weight is 321 g/mol. The van der Waals surface area contributed by atoms with Crippen LogP contribution < -0.4 is 0 Å². The summed E-state index contributed by atoms with van der Waals surface area (Å²) < 4.78 is 28.9. The predicted molar refractivity (Wildman–Crippen MR) is 83.1 cm³/mol. The number of benzene rings is 1. The summed E-state index contributed by atoms with van der Waals surface area (Å²) in [4.78, 5) is 2.23. The molecule has 0 aliphatic carbocycles. The maximum atomic E-state index is 13.8. The maximum Gasteiger partial charge on any atom is 0.151 e. The Kier molecular flexibility index (Phi) is 4.73. The van der Waals surface area contributed by atoms with Crippen LogP contribution in [0.3, 0.4) is 0 Å². The molecule has 1 aromatic carbocycles. The van der Waals surface area contributed by atoms with Crippen LogP contribution in [0.5, 0.6) is 0 Å². The number of nitrogens with zero attached hydrogens (tertiary/aromatic N) is 3. The summed E-state index contributed by atoms with van der Waals surface area (Å²) in [6.07, 6.45) is 2.61. The minimum atomic E-state index is -0.633. The molecule has 0 spiro atoms. The van der Waals surface area contributed by atoms with Crippen LogP contribution >= 0.6 is 0 Å². The molecule has 2 atom stereocenters. The third-order valence-corrected chi connectivity index (χ3v) is 4.63. The highest BCUT2D eigenvalue weighted by molar-refractivity contribution is 5.34. The van der Waals surface area contributed by atoms with E-state index in [0.29, 0.717) is 12.5 Å². The molecular formula is C17H21F2N3O. The van der Waals surface area contributed by atoms with Gasteiger partial charge in [0.25, 0.3) is 0 Å². The molecule has 2 unspecified atom stereocenters. The Balaban J connectivity index is 1.73. The summed E-state index contributed by atoms with van der Waals surface area (Å²) in [5.41, 5.74) is 0.609. The van der Waals surface area contributed by atoms with Gasteiger partial charge in [-0.25, -0.2) is 13.5 Å². The molecule has 1 aliphatic heterocycles. The normalized spacial score (nSPS) is 22.4. The SMILES string of the molecule is CC1CCN(Cc2ccn(-c3c(F)cccc3F)n2)CC1CO. The molecule has 1 fully saturated rings. The molecule has 6 heteroatoms. The van der Waals surface area contributed by atoms with Crippen molar-refractivity contribution < 1.29 is 13.9 Å². The number of aliphatic hydroxyl groups is 1. The van der Waals surface area contributed by atoms with Crippen molar-refractivity contribution in [3.63, 3.8) is 0 Å². The van der Waals surface area contributed by atoms with Crippen LogP contribution in [0.1, 0.15) is 19.0 Å². The largest absolute Gasteiger partial charge is 0.396 e. The standard InChI is InChI=1S/C17H21F2N3O/c1-12-5-7-21(9-13(12)11-23)10-14-6-8-22(20-14)17-15(18)3-2-4-16(17)19/h2-4,6,8,12-13,23H,5,7,9-11H2,1H3. The zero-order chi connectivity index (χ0) is 16.4. The second kappa shape index (κ2) is 6.76. The van der Waals surface area contributed by atoms with Crippen molar-refractivity contribution in [1.82, 2.24) is 14.7 Å². The lowest BCUT2D eigenvalue weighted by molar-refractivity contribution is 0.0751. The van der Waals surface area contributed by atoms with Crippen molar-refractivity contribution in [3.8, 4) is 5.69 Å². The van der Waals surface area contributed by atoms with Crippen LogP contribution in [-0.2, 0) is 6.54 Å². The van der Waals surface area contributed by atoms with E-state index in [1.807, 2.05) is 0 Å². The summed E-state index contributed by atoms with van der Waals surface area (Å²) >= 11 is 0. The van der Waals surface area contributed by atoms with Crippen molar-refractivity contribution in [2.24, 2.45) is 11.8 Å². The Morgan fingerprint density at radius 1 is 1.26 bits per heavy atom. The third kappa shape index (κ3) is 3.43. The zero-order valence-corrected chi connectivity index (χ0v) is 13.1. The van der Waals surface area contributed by atoms with Gasteiger partial charge in [-0.15, -0.1) is 0 Å². The molecular weight excluding hydrogens is 300 g/mol. The predicted octanol–water partition coefficient (Wildman–Crippen LogP) is 2.60. The van der Waals surface area contributed by atoms with E-state index >= 15 is 0 Å². The van der Waals surface area contributed by atoms with Crippen LogP contribution in [0.25, 0.3) is 5.69 Å².